The Kier molecular flexibility index (Phi) is 4.60. The highest BCUT2D eigenvalue weighted by Crippen LogP contribution is 2.23. The molecule has 1 fully saturated rings. The maximum absolute atomic E-state index is 3.49. The Bertz CT molecular complexity index is 342. The Balaban J connectivity index is 1.96. The number of likely N-dealkylation sites (N-methyl/N-ethyl adjacent to an activating group) is 1. The molecular weight excluding hydrogens is 276 g/mol. The molecule has 0 unspecified atom stereocenters. The van der Waals surface area contributed by atoms with Crippen molar-refractivity contribution in [2.75, 3.05) is 32.7 Å². The van der Waals surface area contributed by atoms with E-state index in [0.29, 0.717) is 6.04 Å². The zero-order valence-corrected chi connectivity index (χ0v) is 12.3. The van der Waals surface area contributed by atoms with Crippen molar-refractivity contribution < 1.29 is 0 Å². The molecule has 0 amide bonds. The van der Waals surface area contributed by atoms with E-state index in [2.05, 4.69) is 63.8 Å². The summed E-state index contributed by atoms with van der Waals surface area (Å²) in [4.78, 5) is 5.10. The van der Waals surface area contributed by atoms with Crippen LogP contribution in [0.15, 0.2) is 28.7 Å². The average Bonchev–Trinajstić information content (AvgIpc) is 2.39. The minimum Gasteiger partial charge on any atom is -0.301 e. The zero-order valence-electron chi connectivity index (χ0n) is 10.7. The molecule has 0 aromatic heterocycles. The van der Waals surface area contributed by atoms with Gasteiger partial charge in [0, 0.05) is 36.7 Å². The fourth-order valence-electron chi connectivity index (χ4n) is 2.42. The van der Waals surface area contributed by atoms with Crippen molar-refractivity contribution in [1.29, 1.82) is 0 Å². The van der Waals surface area contributed by atoms with Gasteiger partial charge in [0.05, 0.1) is 0 Å². The Morgan fingerprint density at radius 3 is 2.24 bits per heavy atom. The monoisotopic (exact) mass is 296 g/mol. The highest BCUT2D eigenvalue weighted by Gasteiger charge is 2.20. The SMILES string of the molecule is CCN1CCN([C@H](C)c2ccc(Br)cc2)CC1. The van der Waals surface area contributed by atoms with Crippen molar-refractivity contribution in [3.8, 4) is 0 Å². The number of rotatable bonds is 3. The van der Waals surface area contributed by atoms with Crippen molar-refractivity contribution in [3.63, 3.8) is 0 Å². The summed E-state index contributed by atoms with van der Waals surface area (Å²) in [5.41, 5.74) is 1.41. The molecule has 17 heavy (non-hydrogen) atoms. The second-order valence-electron chi connectivity index (χ2n) is 4.70. The maximum Gasteiger partial charge on any atom is 0.0320 e. The lowest BCUT2D eigenvalue weighted by molar-refractivity contribution is 0.106. The number of piperazine rings is 1. The molecule has 2 nitrogen and oxygen atoms in total. The average molecular weight is 297 g/mol. The van der Waals surface area contributed by atoms with Crippen LogP contribution in [-0.4, -0.2) is 42.5 Å². The third-order valence-corrected chi connectivity index (χ3v) is 4.28. The summed E-state index contributed by atoms with van der Waals surface area (Å²) in [6.45, 7) is 10.5. The van der Waals surface area contributed by atoms with Crippen molar-refractivity contribution in [2.45, 2.75) is 19.9 Å². The van der Waals surface area contributed by atoms with E-state index in [0.717, 1.165) is 4.47 Å². The van der Waals surface area contributed by atoms with Crippen LogP contribution in [0.3, 0.4) is 0 Å². The normalized spacial score (nSPS) is 20.4. The zero-order chi connectivity index (χ0) is 12.3. The third kappa shape index (κ3) is 3.30. The Labute approximate surface area is 113 Å². The fourth-order valence-corrected chi connectivity index (χ4v) is 2.68. The molecule has 0 N–H and O–H groups in total. The molecule has 1 aromatic carbocycles. The summed E-state index contributed by atoms with van der Waals surface area (Å²) in [6, 6.07) is 9.24. The van der Waals surface area contributed by atoms with Gasteiger partial charge in [0.25, 0.3) is 0 Å². The first-order valence-corrected chi connectivity index (χ1v) is 7.22. The van der Waals surface area contributed by atoms with Crippen LogP contribution in [0.5, 0.6) is 0 Å². The summed E-state index contributed by atoms with van der Waals surface area (Å²) < 4.78 is 1.16. The number of halogens is 1. The van der Waals surface area contributed by atoms with Gasteiger partial charge in [-0.3, -0.25) is 4.90 Å². The van der Waals surface area contributed by atoms with Gasteiger partial charge in [0.1, 0.15) is 0 Å². The van der Waals surface area contributed by atoms with Crippen molar-refractivity contribution in [2.24, 2.45) is 0 Å². The Morgan fingerprint density at radius 2 is 1.71 bits per heavy atom. The van der Waals surface area contributed by atoms with E-state index in [9.17, 15) is 0 Å². The summed E-state index contributed by atoms with van der Waals surface area (Å²) in [5, 5.41) is 0. The largest absolute Gasteiger partial charge is 0.301 e. The predicted molar refractivity (Wildman–Crippen MR) is 76.2 cm³/mol. The number of benzene rings is 1. The molecule has 0 spiro atoms. The second-order valence-corrected chi connectivity index (χ2v) is 5.61. The lowest BCUT2D eigenvalue weighted by Gasteiger charge is -2.37. The van der Waals surface area contributed by atoms with Gasteiger partial charge in [-0.05, 0) is 31.2 Å². The third-order valence-electron chi connectivity index (χ3n) is 3.75. The van der Waals surface area contributed by atoms with Crippen LogP contribution in [0.2, 0.25) is 0 Å². The molecule has 1 saturated heterocycles. The van der Waals surface area contributed by atoms with E-state index in [1.807, 2.05) is 0 Å². The van der Waals surface area contributed by atoms with Gasteiger partial charge in [0.2, 0.25) is 0 Å². The van der Waals surface area contributed by atoms with Crippen molar-refractivity contribution in [3.05, 3.63) is 34.3 Å². The van der Waals surface area contributed by atoms with Gasteiger partial charge in [-0.2, -0.15) is 0 Å². The quantitative estimate of drug-likeness (QED) is 0.845. The fraction of sp³-hybridized carbons (Fsp3) is 0.571. The molecule has 3 heteroatoms. The molecule has 0 saturated carbocycles. The van der Waals surface area contributed by atoms with Gasteiger partial charge in [-0.25, -0.2) is 0 Å². The van der Waals surface area contributed by atoms with Gasteiger partial charge in [0.15, 0.2) is 0 Å². The van der Waals surface area contributed by atoms with Gasteiger partial charge in [-0.1, -0.05) is 35.0 Å². The summed E-state index contributed by atoms with van der Waals surface area (Å²) in [5.74, 6) is 0. The van der Waals surface area contributed by atoms with Crippen LogP contribution < -0.4 is 0 Å². The first kappa shape index (κ1) is 13.1. The predicted octanol–water partition coefficient (Wildman–Crippen LogP) is 3.15. The number of hydrogen-bond donors (Lipinski definition) is 0. The van der Waals surface area contributed by atoms with Crippen molar-refractivity contribution >= 4 is 15.9 Å². The molecule has 2 rings (SSSR count). The smallest absolute Gasteiger partial charge is 0.0320 e. The molecule has 1 atom stereocenters. The standard InChI is InChI=1S/C14H21BrN2/c1-3-16-8-10-17(11-9-16)12(2)13-4-6-14(15)7-5-13/h4-7,12H,3,8-11H2,1-2H3/t12-/m1/s1. The molecule has 1 aliphatic rings. The number of nitrogens with zero attached hydrogens (tertiary/aromatic N) is 2. The number of hydrogen-bond acceptors (Lipinski definition) is 2. The Hall–Kier alpha value is -0.380. The Morgan fingerprint density at radius 1 is 1.12 bits per heavy atom. The molecule has 1 aliphatic heterocycles. The summed E-state index contributed by atoms with van der Waals surface area (Å²) in [6.07, 6.45) is 0. The van der Waals surface area contributed by atoms with E-state index in [4.69, 9.17) is 0 Å². The molecular formula is C14H21BrN2. The first-order chi connectivity index (χ1) is 8.20. The van der Waals surface area contributed by atoms with Crippen LogP contribution in [0.25, 0.3) is 0 Å². The molecule has 1 heterocycles. The molecule has 94 valence electrons. The lowest BCUT2D eigenvalue weighted by atomic mass is 10.1. The minimum absolute atomic E-state index is 0.530. The van der Waals surface area contributed by atoms with E-state index in [1.165, 1.54) is 38.3 Å². The van der Waals surface area contributed by atoms with Crippen LogP contribution in [0, 0.1) is 0 Å². The topological polar surface area (TPSA) is 6.48 Å². The first-order valence-electron chi connectivity index (χ1n) is 6.42. The van der Waals surface area contributed by atoms with Gasteiger partial charge >= 0.3 is 0 Å². The van der Waals surface area contributed by atoms with E-state index >= 15 is 0 Å². The highest BCUT2D eigenvalue weighted by atomic mass is 79.9. The maximum atomic E-state index is 3.49. The van der Waals surface area contributed by atoms with E-state index < -0.39 is 0 Å². The van der Waals surface area contributed by atoms with Crippen molar-refractivity contribution in [1.82, 2.24) is 9.80 Å². The highest BCUT2D eigenvalue weighted by molar-refractivity contribution is 9.10. The minimum atomic E-state index is 0.530. The lowest BCUT2D eigenvalue weighted by Crippen LogP contribution is -2.46. The molecule has 0 bridgehead atoms. The van der Waals surface area contributed by atoms with Crippen LogP contribution in [0.4, 0.5) is 0 Å². The summed E-state index contributed by atoms with van der Waals surface area (Å²) >= 11 is 3.49. The van der Waals surface area contributed by atoms with Gasteiger partial charge < -0.3 is 4.90 Å². The molecule has 1 aromatic rings. The van der Waals surface area contributed by atoms with E-state index in [-0.39, 0.29) is 0 Å². The van der Waals surface area contributed by atoms with Gasteiger partial charge in [-0.15, -0.1) is 0 Å². The second kappa shape index (κ2) is 5.98. The molecule has 0 radical (unpaired) electrons. The summed E-state index contributed by atoms with van der Waals surface area (Å²) in [7, 11) is 0. The van der Waals surface area contributed by atoms with Crippen LogP contribution >= 0.6 is 15.9 Å². The molecule has 0 aliphatic carbocycles. The van der Waals surface area contributed by atoms with E-state index in [1.54, 1.807) is 0 Å². The van der Waals surface area contributed by atoms with Crippen LogP contribution in [-0.2, 0) is 0 Å². The van der Waals surface area contributed by atoms with Crippen LogP contribution in [0.1, 0.15) is 25.5 Å².